The maximum absolute atomic E-state index is 12.1. The standard InChI is InChI=1S/C16H18N2O4/c19-15(11-6-2-1-3-7-11)17-18-16(20)14-10-21-12-8-4-5-9-13(12)22-14/h1-2,4-5,8-9,11,14H,3,6-7,10H2,(H,17,19)(H,18,20)/t11-,14+/m1/s1. The van der Waals surface area contributed by atoms with Gasteiger partial charge in [-0.05, 0) is 31.4 Å². The zero-order chi connectivity index (χ0) is 15.4. The molecule has 0 spiro atoms. The average Bonchev–Trinajstić information content (AvgIpc) is 2.59. The van der Waals surface area contributed by atoms with Gasteiger partial charge >= 0.3 is 0 Å². The van der Waals surface area contributed by atoms with Crippen LogP contribution in [0.25, 0.3) is 0 Å². The number of fused-ring (bicyclic) bond motifs is 1. The summed E-state index contributed by atoms with van der Waals surface area (Å²) in [5.41, 5.74) is 4.88. The number of benzene rings is 1. The first-order valence-corrected chi connectivity index (χ1v) is 7.37. The Morgan fingerprint density at radius 2 is 1.82 bits per heavy atom. The predicted molar refractivity (Wildman–Crippen MR) is 79.1 cm³/mol. The molecule has 0 fully saturated rings. The Morgan fingerprint density at radius 1 is 1.05 bits per heavy atom. The van der Waals surface area contributed by atoms with Gasteiger partial charge in [0.1, 0.15) is 6.61 Å². The monoisotopic (exact) mass is 302 g/mol. The van der Waals surface area contributed by atoms with Crippen molar-refractivity contribution in [3.8, 4) is 11.5 Å². The van der Waals surface area contributed by atoms with Gasteiger partial charge in [-0.1, -0.05) is 24.3 Å². The van der Waals surface area contributed by atoms with E-state index in [2.05, 4.69) is 16.9 Å². The van der Waals surface area contributed by atoms with Crippen LogP contribution in [0.4, 0.5) is 0 Å². The highest BCUT2D eigenvalue weighted by atomic mass is 16.6. The summed E-state index contributed by atoms with van der Waals surface area (Å²) in [6.45, 7) is 0.116. The number of hydrogen-bond acceptors (Lipinski definition) is 4. The third kappa shape index (κ3) is 3.21. The van der Waals surface area contributed by atoms with Crippen molar-refractivity contribution in [1.29, 1.82) is 0 Å². The summed E-state index contributed by atoms with van der Waals surface area (Å²) in [5.74, 6) is 0.459. The molecule has 2 N–H and O–H groups in total. The van der Waals surface area contributed by atoms with E-state index in [1.54, 1.807) is 18.2 Å². The summed E-state index contributed by atoms with van der Waals surface area (Å²) in [6.07, 6.45) is 5.67. The van der Waals surface area contributed by atoms with Crippen molar-refractivity contribution in [2.24, 2.45) is 5.92 Å². The summed E-state index contributed by atoms with van der Waals surface area (Å²) < 4.78 is 11.0. The smallest absolute Gasteiger partial charge is 0.283 e. The minimum Gasteiger partial charge on any atom is -0.485 e. The van der Waals surface area contributed by atoms with Gasteiger partial charge in [0, 0.05) is 5.92 Å². The Labute approximate surface area is 128 Å². The van der Waals surface area contributed by atoms with Crippen LogP contribution in [0.15, 0.2) is 36.4 Å². The summed E-state index contributed by atoms with van der Waals surface area (Å²) in [4.78, 5) is 24.0. The SMILES string of the molecule is O=C(NNC(=O)[C@@H]1COc2ccccc2O1)[C@@H]1CC=CCC1. The van der Waals surface area contributed by atoms with Crippen molar-refractivity contribution in [2.75, 3.05) is 6.61 Å². The highest BCUT2D eigenvalue weighted by molar-refractivity contribution is 5.86. The number of carbonyl (C=O) groups is 2. The molecule has 0 radical (unpaired) electrons. The minimum atomic E-state index is -0.776. The second kappa shape index (κ2) is 6.51. The van der Waals surface area contributed by atoms with E-state index in [1.165, 1.54) is 0 Å². The molecule has 0 saturated carbocycles. The number of ether oxygens (including phenoxy) is 2. The lowest BCUT2D eigenvalue weighted by Crippen LogP contribution is -2.52. The highest BCUT2D eigenvalue weighted by Gasteiger charge is 2.28. The Morgan fingerprint density at radius 3 is 2.59 bits per heavy atom. The van der Waals surface area contributed by atoms with Crippen molar-refractivity contribution >= 4 is 11.8 Å². The number of carbonyl (C=O) groups excluding carboxylic acids is 2. The van der Waals surface area contributed by atoms with Gasteiger partial charge in [0.25, 0.3) is 5.91 Å². The van der Waals surface area contributed by atoms with E-state index in [9.17, 15) is 9.59 Å². The topological polar surface area (TPSA) is 76.7 Å². The molecule has 1 aliphatic heterocycles. The second-order valence-corrected chi connectivity index (χ2v) is 5.32. The molecule has 22 heavy (non-hydrogen) atoms. The number of allylic oxidation sites excluding steroid dienone is 2. The van der Waals surface area contributed by atoms with Gasteiger partial charge in [-0.3, -0.25) is 20.4 Å². The van der Waals surface area contributed by atoms with Crippen LogP contribution < -0.4 is 20.3 Å². The van der Waals surface area contributed by atoms with Gasteiger partial charge in [-0.25, -0.2) is 0 Å². The molecule has 1 aromatic rings. The molecule has 0 unspecified atom stereocenters. The Bertz CT molecular complexity index is 600. The van der Waals surface area contributed by atoms with Crippen molar-refractivity contribution in [1.82, 2.24) is 10.9 Å². The lowest BCUT2D eigenvalue weighted by molar-refractivity contribution is -0.136. The molecule has 116 valence electrons. The lowest BCUT2D eigenvalue weighted by Gasteiger charge is -2.26. The fraction of sp³-hybridized carbons (Fsp3) is 0.375. The third-order valence-electron chi connectivity index (χ3n) is 3.75. The molecule has 6 nitrogen and oxygen atoms in total. The number of nitrogens with one attached hydrogen (secondary N) is 2. The zero-order valence-electron chi connectivity index (χ0n) is 12.1. The van der Waals surface area contributed by atoms with E-state index < -0.39 is 12.0 Å². The zero-order valence-corrected chi connectivity index (χ0v) is 12.1. The molecule has 3 rings (SSSR count). The largest absolute Gasteiger partial charge is 0.485 e. The molecule has 2 amide bonds. The average molecular weight is 302 g/mol. The van der Waals surface area contributed by atoms with E-state index in [0.29, 0.717) is 17.9 Å². The number of para-hydroxylation sites is 2. The summed E-state index contributed by atoms with van der Waals surface area (Å²) >= 11 is 0. The van der Waals surface area contributed by atoms with Crippen molar-refractivity contribution in [3.63, 3.8) is 0 Å². The van der Waals surface area contributed by atoms with Crippen LogP contribution in [0.2, 0.25) is 0 Å². The van der Waals surface area contributed by atoms with Gasteiger partial charge < -0.3 is 9.47 Å². The maximum Gasteiger partial charge on any atom is 0.283 e. The van der Waals surface area contributed by atoms with Gasteiger partial charge in [-0.2, -0.15) is 0 Å². The van der Waals surface area contributed by atoms with Crippen molar-refractivity contribution in [3.05, 3.63) is 36.4 Å². The fourth-order valence-corrected chi connectivity index (χ4v) is 2.49. The molecular formula is C16H18N2O4. The number of rotatable bonds is 2. The molecule has 0 aromatic heterocycles. The van der Waals surface area contributed by atoms with E-state index in [4.69, 9.17) is 9.47 Å². The van der Waals surface area contributed by atoms with Crippen molar-refractivity contribution in [2.45, 2.75) is 25.4 Å². The first-order valence-electron chi connectivity index (χ1n) is 7.37. The van der Waals surface area contributed by atoms with Gasteiger partial charge in [-0.15, -0.1) is 0 Å². The summed E-state index contributed by atoms with van der Waals surface area (Å²) in [5, 5.41) is 0. The number of hydrogen-bond donors (Lipinski definition) is 2. The maximum atomic E-state index is 12.1. The van der Waals surface area contributed by atoms with Crippen LogP contribution in [0.5, 0.6) is 11.5 Å². The molecular weight excluding hydrogens is 284 g/mol. The van der Waals surface area contributed by atoms with Crippen molar-refractivity contribution < 1.29 is 19.1 Å². The van der Waals surface area contributed by atoms with Gasteiger partial charge in [0.15, 0.2) is 11.5 Å². The third-order valence-corrected chi connectivity index (χ3v) is 3.75. The van der Waals surface area contributed by atoms with Crippen LogP contribution in [-0.4, -0.2) is 24.5 Å². The molecule has 2 aliphatic rings. The quantitative estimate of drug-likeness (QED) is 0.638. The van der Waals surface area contributed by atoms with Crippen LogP contribution in [0.1, 0.15) is 19.3 Å². The van der Waals surface area contributed by atoms with E-state index in [1.807, 2.05) is 12.1 Å². The molecule has 0 bridgehead atoms. The molecule has 2 atom stereocenters. The molecule has 1 aromatic carbocycles. The van der Waals surface area contributed by atoms with Gasteiger partial charge in [0.05, 0.1) is 0 Å². The molecule has 6 heteroatoms. The first kappa shape index (κ1) is 14.4. The van der Waals surface area contributed by atoms with E-state index in [-0.39, 0.29) is 18.4 Å². The molecule has 0 saturated heterocycles. The van der Waals surface area contributed by atoms with E-state index in [0.717, 1.165) is 12.8 Å². The van der Waals surface area contributed by atoms with E-state index >= 15 is 0 Å². The predicted octanol–water partition coefficient (Wildman–Crippen LogP) is 1.33. The summed E-state index contributed by atoms with van der Waals surface area (Å²) in [7, 11) is 0. The molecule has 1 aliphatic carbocycles. The van der Waals surface area contributed by atoms with Crippen LogP contribution in [-0.2, 0) is 9.59 Å². The summed E-state index contributed by atoms with van der Waals surface area (Å²) in [6, 6.07) is 7.16. The number of hydrazine groups is 1. The lowest BCUT2D eigenvalue weighted by atomic mass is 9.94. The number of amides is 2. The van der Waals surface area contributed by atoms with Gasteiger partial charge in [0.2, 0.25) is 12.0 Å². The molecule has 1 heterocycles. The Hall–Kier alpha value is -2.50. The van der Waals surface area contributed by atoms with Crippen LogP contribution >= 0.6 is 0 Å². The fourth-order valence-electron chi connectivity index (χ4n) is 2.49. The van der Waals surface area contributed by atoms with Crippen LogP contribution in [0.3, 0.4) is 0 Å². The normalized spacial score (nSPS) is 22.7. The Balaban J connectivity index is 1.50. The first-order chi connectivity index (χ1) is 10.7. The van der Waals surface area contributed by atoms with Crippen LogP contribution in [0, 0.1) is 5.92 Å². The second-order valence-electron chi connectivity index (χ2n) is 5.32. The Kier molecular flexibility index (Phi) is 4.27. The highest BCUT2D eigenvalue weighted by Crippen LogP contribution is 2.30. The minimum absolute atomic E-state index is 0.0884.